The van der Waals surface area contributed by atoms with Crippen LogP contribution < -0.4 is 10.1 Å². The van der Waals surface area contributed by atoms with Gasteiger partial charge in [-0.2, -0.15) is 4.52 Å². The Labute approximate surface area is 147 Å². The average Bonchev–Trinajstić information content (AvgIpc) is 3.39. The molecule has 0 aliphatic heterocycles. The van der Waals surface area contributed by atoms with Crippen LogP contribution in [0.2, 0.25) is 0 Å². The molecule has 1 atom stereocenters. The van der Waals surface area contributed by atoms with Gasteiger partial charge in [-0.1, -0.05) is 26.0 Å². The molecule has 4 rings (SSSR count). The second kappa shape index (κ2) is 6.35. The topological polar surface area (TPSA) is 64.3 Å². The Kier molecular flexibility index (Phi) is 4.03. The van der Waals surface area contributed by atoms with Crippen molar-refractivity contribution < 1.29 is 4.74 Å². The van der Waals surface area contributed by atoms with Crippen LogP contribution in [0.3, 0.4) is 0 Å². The maximum Gasteiger partial charge on any atom is 0.178 e. The van der Waals surface area contributed by atoms with Gasteiger partial charge in [0.1, 0.15) is 11.6 Å². The third-order valence-electron chi connectivity index (χ3n) is 4.67. The maximum absolute atomic E-state index is 5.26. The number of hydrogen-bond acceptors (Lipinski definition) is 5. The first-order valence-electron chi connectivity index (χ1n) is 8.78. The Balaban J connectivity index is 1.63. The summed E-state index contributed by atoms with van der Waals surface area (Å²) in [6.07, 6.45) is 2.36. The van der Waals surface area contributed by atoms with E-state index in [2.05, 4.69) is 41.5 Å². The van der Waals surface area contributed by atoms with Crippen LogP contribution in [0, 0.1) is 5.92 Å². The third-order valence-corrected chi connectivity index (χ3v) is 4.67. The van der Waals surface area contributed by atoms with Gasteiger partial charge in [0, 0.05) is 5.92 Å². The summed E-state index contributed by atoms with van der Waals surface area (Å²) in [5.74, 6) is 3.60. The van der Waals surface area contributed by atoms with Gasteiger partial charge in [0.2, 0.25) is 0 Å². The second-order valence-corrected chi connectivity index (χ2v) is 6.96. The standard InChI is InChI=1S/C19H23N5O/c1-12(2)18(13-6-8-15(25-3)9-7-13)20-16-10-11-17-21-22-19(14-4-5-14)24(17)23-16/h6-12,14,18H,4-5H2,1-3H3,(H,20,23). The molecule has 1 aliphatic carbocycles. The van der Waals surface area contributed by atoms with E-state index in [1.807, 2.05) is 28.8 Å². The number of fused-ring (bicyclic) bond motifs is 1. The first-order chi connectivity index (χ1) is 12.2. The molecule has 1 N–H and O–H groups in total. The number of methoxy groups -OCH3 is 1. The van der Waals surface area contributed by atoms with Gasteiger partial charge in [-0.15, -0.1) is 15.3 Å². The fourth-order valence-electron chi connectivity index (χ4n) is 3.08. The fourth-order valence-corrected chi connectivity index (χ4v) is 3.08. The van der Waals surface area contributed by atoms with Crippen molar-refractivity contribution >= 4 is 11.5 Å². The lowest BCUT2D eigenvalue weighted by Gasteiger charge is -2.23. The summed E-state index contributed by atoms with van der Waals surface area (Å²) in [6, 6.07) is 12.3. The summed E-state index contributed by atoms with van der Waals surface area (Å²) in [6.45, 7) is 4.41. The van der Waals surface area contributed by atoms with Crippen molar-refractivity contribution in [2.45, 2.75) is 38.6 Å². The summed E-state index contributed by atoms with van der Waals surface area (Å²) in [5.41, 5.74) is 2.02. The Morgan fingerprint density at radius 1 is 1.08 bits per heavy atom. The highest BCUT2D eigenvalue weighted by molar-refractivity contribution is 5.46. The molecule has 0 bridgehead atoms. The van der Waals surface area contributed by atoms with Gasteiger partial charge in [-0.05, 0) is 48.6 Å². The summed E-state index contributed by atoms with van der Waals surface area (Å²) < 4.78 is 7.14. The highest BCUT2D eigenvalue weighted by atomic mass is 16.5. The van der Waals surface area contributed by atoms with Crippen LogP contribution in [0.4, 0.5) is 5.82 Å². The first-order valence-corrected chi connectivity index (χ1v) is 8.78. The van der Waals surface area contributed by atoms with Crippen LogP contribution in [-0.4, -0.2) is 26.9 Å². The molecule has 25 heavy (non-hydrogen) atoms. The van der Waals surface area contributed by atoms with Gasteiger partial charge in [0.25, 0.3) is 0 Å². The second-order valence-electron chi connectivity index (χ2n) is 6.96. The monoisotopic (exact) mass is 337 g/mol. The molecular formula is C19H23N5O. The van der Waals surface area contributed by atoms with Crippen LogP contribution in [0.25, 0.3) is 5.65 Å². The van der Waals surface area contributed by atoms with Gasteiger partial charge in [-0.3, -0.25) is 0 Å². The van der Waals surface area contributed by atoms with E-state index in [-0.39, 0.29) is 6.04 Å². The molecule has 1 saturated carbocycles. The van der Waals surface area contributed by atoms with Crippen LogP contribution in [0.15, 0.2) is 36.4 Å². The molecule has 1 fully saturated rings. The zero-order valence-electron chi connectivity index (χ0n) is 14.8. The molecule has 6 nitrogen and oxygen atoms in total. The van der Waals surface area contributed by atoms with Crippen molar-refractivity contribution in [3.63, 3.8) is 0 Å². The Morgan fingerprint density at radius 3 is 2.48 bits per heavy atom. The SMILES string of the molecule is COc1ccc(C(Nc2ccc3nnc(C4CC4)n3n2)C(C)C)cc1. The first kappa shape index (κ1) is 15.9. The number of aromatic nitrogens is 4. The molecular weight excluding hydrogens is 314 g/mol. The lowest BCUT2D eigenvalue weighted by Crippen LogP contribution is -2.18. The molecule has 130 valence electrons. The van der Waals surface area contributed by atoms with Crippen LogP contribution in [0.1, 0.15) is 50.0 Å². The molecule has 0 radical (unpaired) electrons. The van der Waals surface area contributed by atoms with E-state index in [4.69, 9.17) is 9.84 Å². The van der Waals surface area contributed by atoms with Gasteiger partial charge < -0.3 is 10.1 Å². The normalized spacial score (nSPS) is 15.5. The maximum atomic E-state index is 5.26. The summed E-state index contributed by atoms with van der Waals surface area (Å²) in [7, 11) is 1.68. The van der Waals surface area contributed by atoms with Gasteiger partial charge in [0.05, 0.1) is 13.2 Å². The minimum absolute atomic E-state index is 0.164. The van der Waals surface area contributed by atoms with E-state index < -0.39 is 0 Å². The average molecular weight is 337 g/mol. The van der Waals surface area contributed by atoms with E-state index in [9.17, 15) is 0 Å². The molecule has 6 heteroatoms. The van der Waals surface area contributed by atoms with Gasteiger partial charge in [-0.25, -0.2) is 0 Å². The molecule has 0 saturated heterocycles. The lowest BCUT2D eigenvalue weighted by molar-refractivity contribution is 0.414. The summed E-state index contributed by atoms with van der Waals surface area (Å²) in [4.78, 5) is 0. The zero-order chi connectivity index (χ0) is 17.4. The Morgan fingerprint density at radius 2 is 1.84 bits per heavy atom. The van der Waals surface area contributed by atoms with E-state index in [0.717, 1.165) is 23.0 Å². The Hall–Kier alpha value is -2.63. The minimum atomic E-state index is 0.164. The fraction of sp³-hybridized carbons (Fsp3) is 0.421. The van der Waals surface area contributed by atoms with Crippen molar-refractivity contribution in [2.24, 2.45) is 5.92 Å². The molecule has 2 aromatic heterocycles. The molecule has 0 spiro atoms. The van der Waals surface area contributed by atoms with Crippen LogP contribution in [-0.2, 0) is 0 Å². The molecule has 1 unspecified atom stereocenters. The molecule has 1 aromatic carbocycles. The van der Waals surface area contributed by atoms with Crippen LogP contribution >= 0.6 is 0 Å². The van der Waals surface area contributed by atoms with Crippen molar-refractivity contribution in [3.8, 4) is 5.75 Å². The number of nitrogens with zero attached hydrogens (tertiary/aromatic N) is 4. The van der Waals surface area contributed by atoms with Crippen LogP contribution in [0.5, 0.6) is 5.75 Å². The van der Waals surface area contributed by atoms with E-state index in [1.165, 1.54) is 18.4 Å². The third kappa shape index (κ3) is 3.16. The largest absolute Gasteiger partial charge is 0.497 e. The zero-order valence-corrected chi connectivity index (χ0v) is 14.8. The molecule has 0 amide bonds. The number of anilines is 1. The number of hydrogen-bond donors (Lipinski definition) is 1. The molecule has 3 aromatic rings. The number of rotatable bonds is 6. The van der Waals surface area contributed by atoms with Gasteiger partial charge in [0.15, 0.2) is 11.5 Å². The highest BCUT2D eigenvalue weighted by Gasteiger charge is 2.29. The summed E-state index contributed by atoms with van der Waals surface area (Å²) >= 11 is 0. The predicted molar refractivity (Wildman–Crippen MR) is 97.0 cm³/mol. The molecule has 1 aliphatic rings. The smallest absolute Gasteiger partial charge is 0.178 e. The van der Waals surface area contributed by atoms with E-state index in [0.29, 0.717) is 11.8 Å². The lowest BCUT2D eigenvalue weighted by atomic mass is 9.96. The predicted octanol–water partition coefficient (Wildman–Crippen LogP) is 3.82. The Bertz CT molecular complexity index is 867. The summed E-state index contributed by atoms with van der Waals surface area (Å²) in [5, 5.41) is 16.8. The highest BCUT2D eigenvalue weighted by Crippen LogP contribution is 2.38. The van der Waals surface area contributed by atoms with Gasteiger partial charge >= 0.3 is 0 Å². The van der Waals surface area contributed by atoms with E-state index in [1.54, 1.807) is 7.11 Å². The quantitative estimate of drug-likeness (QED) is 0.741. The van der Waals surface area contributed by atoms with E-state index >= 15 is 0 Å². The number of nitrogens with one attached hydrogen (secondary N) is 1. The van der Waals surface area contributed by atoms with Crippen molar-refractivity contribution in [3.05, 3.63) is 47.8 Å². The van der Waals surface area contributed by atoms with Crippen molar-refractivity contribution in [1.82, 2.24) is 19.8 Å². The van der Waals surface area contributed by atoms with Crippen molar-refractivity contribution in [2.75, 3.05) is 12.4 Å². The molecule has 2 heterocycles. The number of ether oxygens (including phenoxy) is 1. The van der Waals surface area contributed by atoms with Crippen molar-refractivity contribution in [1.29, 1.82) is 0 Å². The number of benzene rings is 1. The minimum Gasteiger partial charge on any atom is -0.497 e.